The molecule has 0 aliphatic heterocycles. The Morgan fingerprint density at radius 1 is 0.234 bits per heavy atom. The maximum Gasteiger partial charge on any atom is 0.137 e. The number of para-hydroxylation sites is 4. The molecule has 0 atom stereocenters. The van der Waals surface area contributed by atoms with Crippen LogP contribution in [0.2, 0.25) is 0 Å². The van der Waals surface area contributed by atoms with Gasteiger partial charge in [0.2, 0.25) is 0 Å². The molecule has 0 amide bonds. The zero-order valence-electron chi connectivity index (χ0n) is 41.6. The van der Waals surface area contributed by atoms with E-state index in [1.165, 1.54) is 76.8 Å². The summed E-state index contributed by atoms with van der Waals surface area (Å²) in [5.74, 6) is 0. The second kappa shape index (κ2) is 15.9. The van der Waals surface area contributed by atoms with E-state index < -0.39 is 5.41 Å². The minimum absolute atomic E-state index is 0.605. The maximum absolute atomic E-state index is 6.48. The van der Waals surface area contributed by atoms with E-state index in [9.17, 15) is 0 Å². The average molecular weight is 981 g/mol. The highest BCUT2D eigenvalue weighted by molar-refractivity contribution is 6.11. The van der Waals surface area contributed by atoms with Gasteiger partial charge < -0.3 is 18.6 Å². The molecule has 2 heterocycles. The van der Waals surface area contributed by atoms with Crippen molar-refractivity contribution in [3.8, 4) is 22.3 Å². The quantitative estimate of drug-likeness (QED) is 0.166. The van der Waals surface area contributed by atoms with E-state index in [-0.39, 0.29) is 0 Å². The predicted molar refractivity (Wildman–Crippen MR) is 319 cm³/mol. The molecule has 0 N–H and O–H groups in total. The lowest BCUT2D eigenvalue weighted by molar-refractivity contribution is 0.668. The molecule has 1 spiro atoms. The van der Waals surface area contributed by atoms with Gasteiger partial charge in [-0.15, -0.1) is 0 Å². The zero-order valence-corrected chi connectivity index (χ0v) is 41.6. The van der Waals surface area contributed by atoms with Crippen molar-refractivity contribution in [3.05, 3.63) is 289 Å². The van der Waals surface area contributed by atoms with E-state index in [1.54, 1.807) is 0 Å². The van der Waals surface area contributed by atoms with Crippen molar-refractivity contribution in [2.75, 3.05) is 9.80 Å². The van der Waals surface area contributed by atoms with Crippen LogP contribution >= 0.6 is 0 Å². The van der Waals surface area contributed by atoms with Gasteiger partial charge in [-0.25, -0.2) is 0 Å². The van der Waals surface area contributed by atoms with Crippen LogP contribution in [0.15, 0.2) is 276 Å². The third kappa shape index (κ3) is 6.04. The highest BCUT2D eigenvalue weighted by Gasteiger charge is 2.52. The molecule has 0 saturated carbocycles. The first-order chi connectivity index (χ1) is 38.1. The van der Waals surface area contributed by atoms with Crippen LogP contribution in [-0.4, -0.2) is 0 Å². The molecule has 358 valence electrons. The summed E-state index contributed by atoms with van der Waals surface area (Å²) in [5.41, 5.74) is 19.6. The Morgan fingerprint density at radius 2 is 0.675 bits per heavy atom. The molecule has 4 nitrogen and oxygen atoms in total. The number of benzene rings is 13. The molecule has 13 aromatic carbocycles. The summed E-state index contributed by atoms with van der Waals surface area (Å²) in [6.45, 7) is 0. The van der Waals surface area contributed by atoms with Crippen molar-refractivity contribution >= 4 is 110 Å². The first-order valence-electron chi connectivity index (χ1n) is 26.5. The van der Waals surface area contributed by atoms with Crippen LogP contribution in [-0.2, 0) is 5.41 Å². The topological polar surface area (TPSA) is 32.8 Å². The Balaban J connectivity index is 0.888. The molecule has 0 saturated heterocycles. The fraction of sp³-hybridized carbons (Fsp3) is 0.0137. The summed E-state index contributed by atoms with van der Waals surface area (Å²) >= 11 is 0. The molecule has 0 fully saturated rings. The second-order valence-electron chi connectivity index (χ2n) is 20.8. The van der Waals surface area contributed by atoms with E-state index in [4.69, 9.17) is 8.83 Å². The Labute approximate surface area is 443 Å². The molecule has 0 bridgehead atoms. The summed E-state index contributed by atoms with van der Waals surface area (Å²) < 4.78 is 13.0. The van der Waals surface area contributed by atoms with Gasteiger partial charge in [0.1, 0.15) is 22.3 Å². The number of nitrogens with zero attached hydrogens (tertiary/aromatic N) is 2. The van der Waals surface area contributed by atoms with E-state index >= 15 is 0 Å². The normalized spacial score (nSPS) is 13.0. The summed E-state index contributed by atoms with van der Waals surface area (Å²) in [6.07, 6.45) is 0. The highest BCUT2D eigenvalue weighted by atomic mass is 16.3. The molecule has 77 heavy (non-hydrogen) atoms. The third-order valence-corrected chi connectivity index (χ3v) is 16.7. The lowest BCUT2D eigenvalue weighted by Gasteiger charge is -2.31. The van der Waals surface area contributed by atoms with Crippen molar-refractivity contribution in [2.24, 2.45) is 0 Å². The van der Waals surface area contributed by atoms with E-state index in [1.807, 2.05) is 24.3 Å². The molecular formula is C73H44N2O2. The van der Waals surface area contributed by atoms with Gasteiger partial charge in [0.25, 0.3) is 0 Å². The largest absolute Gasteiger partial charge is 0.456 e. The molecule has 17 rings (SSSR count). The monoisotopic (exact) mass is 980 g/mol. The third-order valence-electron chi connectivity index (χ3n) is 16.7. The summed E-state index contributed by atoms with van der Waals surface area (Å²) in [6, 6.07) is 97.9. The van der Waals surface area contributed by atoms with Crippen molar-refractivity contribution < 1.29 is 8.83 Å². The number of hydrogen-bond acceptors (Lipinski definition) is 4. The zero-order chi connectivity index (χ0) is 50.3. The number of fused-ring (bicyclic) bond motifs is 20. The highest BCUT2D eigenvalue weighted by Crippen LogP contribution is 2.65. The number of rotatable bonds is 6. The molecule has 2 aliphatic rings. The van der Waals surface area contributed by atoms with Crippen LogP contribution in [0.5, 0.6) is 0 Å². The molecule has 2 aliphatic carbocycles. The molecule has 4 heteroatoms. The van der Waals surface area contributed by atoms with E-state index in [0.717, 1.165) is 78.0 Å². The van der Waals surface area contributed by atoms with E-state index in [2.05, 4.69) is 252 Å². The van der Waals surface area contributed by atoms with Crippen LogP contribution in [0.4, 0.5) is 34.1 Å². The summed E-state index contributed by atoms with van der Waals surface area (Å²) in [5, 5.41) is 11.7. The lowest BCUT2D eigenvalue weighted by atomic mass is 9.70. The standard InChI is InChI=1S/C73H44N2O2/c1-3-16-50(17-4-1)74(54-32-34-59-57-21-10-13-25-68(57)76-70(59)43-54)52-30-27-46-39-62-63-40-47-28-31-53(75(51-18-5-2-6-19-51)55-33-35-60-58-22-11-14-26-69(58)77-71(60)44-55)38-49(47)42-67(63)73(66(62)41-48(46)37-52)64-24-12-9-23-61(64)72-56-20-8-7-15-45(56)29-36-65(72)73/h1-44H. The maximum atomic E-state index is 6.48. The van der Waals surface area contributed by atoms with Gasteiger partial charge in [-0.3, -0.25) is 0 Å². The molecule has 2 aromatic heterocycles. The fourth-order valence-electron chi connectivity index (χ4n) is 13.4. The van der Waals surface area contributed by atoms with Crippen molar-refractivity contribution in [3.63, 3.8) is 0 Å². The molecular weight excluding hydrogens is 937 g/mol. The van der Waals surface area contributed by atoms with Crippen LogP contribution in [0, 0.1) is 0 Å². The predicted octanol–water partition coefficient (Wildman–Crippen LogP) is 20.2. The molecule has 15 aromatic rings. The SMILES string of the molecule is c1ccc(N(c2ccc3cc4c(cc3c2)C2(c3cc5cc(N(c6ccccc6)c6ccc7c(c6)oc6ccccc67)ccc5cc3-4)c3ccccc3-c3c2ccc2ccccc32)c2ccc3c(c2)oc2ccccc23)cc1. The number of anilines is 6. The average Bonchev–Trinajstić information content (AvgIpc) is 3.79. The van der Waals surface area contributed by atoms with Crippen molar-refractivity contribution in [2.45, 2.75) is 5.41 Å². The smallest absolute Gasteiger partial charge is 0.137 e. The van der Waals surface area contributed by atoms with Gasteiger partial charge in [0.05, 0.1) is 5.41 Å². The Kier molecular flexibility index (Phi) is 8.73. The van der Waals surface area contributed by atoms with Crippen molar-refractivity contribution in [1.29, 1.82) is 0 Å². The van der Waals surface area contributed by atoms with Gasteiger partial charge in [-0.2, -0.15) is 0 Å². The summed E-state index contributed by atoms with van der Waals surface area (Å²) in [4.78, 5) is 4.71. The van der Waals surface area contributed by atoms with Crippen LogP contribution < -0.4 is 9.80 Å². The Morgan fingerprint density at radius 3 is 1.25 bits per heavy atom. The lowest BCUT2D eigenvalue weighted by Crippen LogP contribution is -2.26. The summed E-state index contributed by atoms with van der Waals surface area (Å²) in [7, 11) is 0. The Bertz CT molecular complexity index is 4710. The second-order valence-corrected chi connectivity index (χ2v) is 20.8. The Hall–Kier alpha value is -10.2. The van der Waals surface area contributed by atoms with Gasteiger partial charge in [0.15, 0.2) is 0 Å². The minimum atomic E-state index is -0.605. The molecule has 0 unspecified atom stereocenters. The molecule has 0 radical (unpaired) electrons. The van der Waals surface area contributed by atoms with Gasteiger partial charge in [0, 0.05) is 67.8 Å². The minimum Gasteiger partial charge on any atom is -0.456 e. The number of hydrogen-bond donors (Lipinski definition) is 0. The van der Waals surface area contributed by atoms with Gasteiger partial charge >= 0.3 is 0 Å². The van der Waals surface area contributed by atoms with Crippen LogP contribution in [0.3, 0.4) is 0 Å². The van der Waals surface area contributed by atoms with Crippen molar-refractivity contribution in [1.82, 2.24) is 0 Å². The fourth-order valence-corrected chi connectivity index (χ4v) is 13.4. The first kappa shape index (κ1) is 42.2. The van der Waals surface area contributed by atoms with Gasteiger partial charge in [-0.05, 0) is 186 Å². The van der Waals surface area contributed by atoms with Gasteiger partial charge in [-0.1, -0.05) is 146 Å². The number of furan rings is 2. The van der Waals surface area contributed by atoms with Crippen LogP contribution in [0.25, 0.3) is 98.4 Å². The van der Waals surface area contributed by atoms with E-state index in [0.29, 0.717) is 0 Å². The first-order valence-corrected chi connectivity index (χ1v) is 26.5. The van der Waals surface area contributed by atoms with Crippen LogP contribution in [0.1, 0.15) is 22.3 Å².